The van der Waals surface area contributed by atoms with Crippen molar-refractivity contribution < 1.29 is 14.0 Å². The summed E-state index contributed by atoms with van der Waals surface area (Å²) in [5, 5.41) is 5.71. The van der Waals surface area contributed by atoms with Crippen molar-refractivity contribution in [3.8, 4) is 0 Å². The van der Waals surface area contributed by atoms with Crippen molar-refractivity contribution in [3.63, 3.8) is 0 Å². The van der Waals surface area contributed by atoms with Gasteiger partial charge >= 0.3 is 0 Å². The van der Waals surface area contributed by atoms with Crippen LogP contribution in [0.2, 0.25) is 0 Å². The SMILES string of the molecule is O=C(Nc1ccc(F)cc1)C1(C(=O)NC2CCCC2)CC1. The molecule has 0 radical (unpaired) electrons. The standard InChI is InChI=1S/C16H19FN2O2/c17-11-5-7-13(8-6-11)19-15(21)16(9-10-16)14(20)18-12-3-1-2-4-12/h5-8,12H,1-4,9-10H2,(H,18,20)(H,19,21). The maximum Gasteiger partial charge on any atom is 0.240 e. The van der Waals surface area contributed by atoms with Crippen LogP contribution in [0.5, 0.6) is 0 Å². The summed E-state index contributed by atoms with van der Waals surface area (Å²) in [5.41, 5.74) is -0.405. The van der Waals surface area contributed by atoms with Gasteiger partial charge in [0.05, 0.1) is 0 Å². The lowest BCUT2D eigenvalue weighted by Crippen LogP contribution is -2.43. The lowest BCUT2D eigenvalue weighted by atomic mass is 10.0. The first-order chi connectivity index (χ1) is 10.1. The lowest BCUT2D eigenvalue weighted by molar-refractivity contribution is -0.134. The molecule has 0 aromatic heterocycles. The molecule has 0 saturated heterocycles. The molecular weight excluding hydrogens is 271 g/mol. The van der Waals surface area contributed by atoms with Crippen LogP contribution >= 0.6 is 0 Å². The van der Waals surface area contributed by atoms with E-state index in [1.165, 1.54) is 24.3 Å². The zero-order valence-corrected chi connectivity index (χ0v) is 11.8. The fourth-order valence-electron chi connectivity index (χ4n) is 2.86. The molecule has 0 unspecified atom stereocenters. The van der Waals surface area contributed by atoms with Crippen molar-refractivity contribution in [2.75, 3.05) is 5.32 Å². The van der Waals surface area contributed by atoms with E-state index in [4.69, 9.17) is 0 Å². The van der Waals surface area contributed by atoms with Gasteiger partial charge in [0, 0.05) is 11.7 Å². The number of carbonyl (C=O) groups excluding carboxylic acids is 2. The molecule has 5 heteroatoms. The number of amides is 2. The van der Waals surface area contributed by atoms with Crippen molar-refractivity contribution in [3.05, 3.63) is 30.1 Å². The van der Waals surface area contributed by atoms with Crippen LogP contribution in [0.3, 0.4) is 0 Å². The van der Waals surface area contributed by atoms with Crippen molar-refractivity contribution in [2.45, 2.75) is 44.6 Å². The number of carbonyl (C=O) groups is 2. The minimum atomic E-state index is -0.920. The molecule has 2 saturated carbocycles. The van der Waals surface area contributed by atoms with Crippen LogP contribution in [0.4, 0.5) is 10.1 Å². The molecular formula is C16H19FN2O2. The van der Waals surface area contributed by atoms with Crippen LogP contribution in [-0.4, -0.2) is 17.9 Å². The summed E-state index contributed by atoms with van der Waals surface area (Å²) in [6.07, 6.45) is 5.44. The predicted molar refractivity (Wildman–Crippen MR) is 77.1 cm³/mol. The molecule has 2 amide bonds. The van der Waals surface area contributed by atoms with Crippen LogP contribution in [0.25, 0.3) is 0 Å². The van der Waals surface area contributed by atoms with E-state index in [9.17, 15) is 14.0 Å². The first-order valence-corrected chi connectivity index (χ1v) is 7.48. The van der Waals surface area contributed by atoms with Crippen molar-refractivity contribution in [1.29, 1.82) is 0 Å². The average Bonchev–Trinajstić information content (AvgIpc) is 3.14. The smallest absolute Gasteiger partial charge is 0.240 e. The van der Waals surface area contributed by atoms with Gasteiger partial charge in [-0.3, -0.25) is 9.59 Å². The third-order valence-corrected chi connectivity index (χ3v) is 4.41. The molecule has 2 aliphatic carbocycles. The van der Waals surface area contributed by atoms with E-state index in [0.29, 0.717) is 18.5 Å². The lowest BCUT2D eigenvalue weighted by Gasteiger charge is -2.18. The topological polar surface area (TPSA) is 58.2 Å². The second-order valence-electron chi connectivity index (χ2n) is 6.00. The number of halogens is 1. The normalized spacial score (nSPS) is 20.0. The van der Waals surface area contributed by atoms with E-state index >= 15 is 0 Å². The molecule has 0 atom stereocenters. The largest absolute Gasteiger partial charge is 0.352 e. The molecule has 1 aromatic rings. The first-order valence-electron chi connectivity index (χ1n) is 7.48. The van der Waals surface area contributed by atoms with E-state index in [2.05, 4.69) is 10.6 Å². The van der Waals surface area contributed by atoms with Crippen LogP contribution < -0.4 is 10.6 Å². The Morgan fingerprint density at radius 1 is 1.05 bits per heavy atom. The molecule has 21 heavy (non-hydrogen) atoms. The molecule has 2 aliphatic rings. The van der Waals surface area contributed by atoms with Crippen LogP contribution in [0.1, 0.15) is 38.5 Å². The quantitative estimate of drug-likeness (QED) is 0.837. The maximum absolute atomic E-state index is 12.8. The minimum absolute atomic E-state index is 0.158. The Morgan fingerprint density at radius 3 is 2.24 bits per heavy atom. The van der Waals surface area contributed by atoms with Gasteiger partial charge in [-0.05, 0) is 49.9 Å². The van der Waals surface area contributed by atoms with Crippen molar-refractivity contribution in [2.24, 2.45) is 5.41 Å². The summed E-state index contributed by atoms with van der Waals surface area (Å²) < 4.78 is 12.8. The summed E-state index contributed by atoms with van der Waals surface area (Å²) in [6, 6.07) is 5.78. The van der Waals surface area contributed by atoms with Gasteiger partial charge in [-0.25, -0.2) is 4.39 Å². The van der Waals surface area contributed by atoms with Crippen LogP contribution in [0, 0.1) is 11.2 Å². The van der Waals surface area contributed by atoms with Crippen LogP contribution in [0.15, 0.2) is 24.3 Å². The fourth-order valence-corrected chi connectivity index (χ4v) is 2.86. The Bertz CT molecular complexity index is 546. The number of hydrogen-bond donors (Lipinski definition) is 2. The zero-order valence-electron chi connectivity index (χ0n) is 11.8. The van der Waals surface area contributed by atoms with Gasteiger partial charge < -0.3 is 10.6 Å². The average molecular weight is 290 g/mol. The molecule has 4 nitrogen and oxygen atoms in total. The molecule has 3 rings (SSSR count). The summed E-state index contributed by atoms with van der Waals surface area (Å²) >= 11 is 0. The predicted octanol–water partition coefficient (Wildman–Crippen LogP) is 2.60. The number of anilines is 1. The van der Waals surface area contributed by atoms with E-state index < -0.39 is 5.41 Å². The summed E-state index contributed by atoms with van der Waals surface area (Å²) in [7, 11) is 0. The summed E-state index contributed by atoms with van der Waals surface area (Å²) in [4.78, 5) is 24.7. The van der Waals surface area contributed by atoms with E-state index in [-0.39, 0.29) is 23.7 Å². The van der Waals surface area contributed by atoms with Gasteiger partial charge in [-0.2, -0.15) is 0 Å². The maximum atomic E-state index is 12.8. The number of hydrogen-bond acceptors (Lipinski definition) is 2. The third-order valence-electron chi connectivity index (χ3n) is 4.41. The Labute approximate surface area is 123 Å². The Morgan fingerprint density at radius 2 is 1.67 bits per heavy atom. The van der Waals surface area contributed by atoms with Gasteiger partial charge in [0.25, 0.3) is 0 Å². The van der Waals surface area contributed by atoms with E-state index in [0.717, 1.165) is 25.7 Å². The van der Waals surface area contributed by atoms with Gasteiger partial charge in [-0.15, -0.1) is 0 Å². The summed E-state index contributed by atoms with van der Waals surface area (Å²) in [5.74, 6) is -0.799. The van der Waals surface area contributed by atoms with Crippen molar-refractivity contribution >= 4 is 17.5 Å². The second-order valence-corrected chi connectivity index (χ2v) is 6.00. The highest BCUT2D eigenvalue weighted by Crippen LogP contribution is 2.47. The molecule has 0 bridgehead atoms. The minimum Gasteiger partial charge on any atom is -0.352 e. The Balaban J connectivity index is 1.62. The van der Waals surface area contributed by atoms with E-state index in [1.54, 1.807) is 0 Å². The number of nitrogens with one attached hydrogen (secondary N) is 2. The Kier molecular flexibility index (Phi) is 3.66. The highest BCUT2D eigenvalue weighted by atomic mass is 19.1. The first kappa shape index (κ1) is 14.0. The fraction of sp³-hybridized carbons (Fsp3) is 0.500. The van der Waals surface area contributed by atoms with Gasteiger partial charge in [0.15, 0.2) is 0 Å². The molecule has 0 aliphatic heterocycles. The molecule has 2 N–H and O–H groups in total. The molecule has 0 heterocycles. The van der Waals surface area contributed by atoms with Gasteiger partial charge in [-0.1, -0.05) is 12.8 Å². The highest BCUT2D eigenvalue weighted by molar-refractivity contribution is 6.13. The Hall–Kier alpha value is -1.91. The molecule has 112 valence electrons. The highest BCUT2D eigenvalue weighted by Gasteiger charge is 2.56. The molecule has 0 spiro atoms. The van der Waals surface area contributed by atoms with Gasteiger partial charge in [0.2, 0.25) is 11.8 Å². The van der Waals surface area contributed by atoms with Crippen molar-refractivity contribution in [1.82, 2.24) is 5.32 Å². The summed E-state index contributed by atoms with van der Waals surface area (Å²) in [6.45, 7) is 0. The third kappa shape index (κ3) is 2.91. The number of benzene rings is 1. The number of rotatable bonds is 4. The molecule has 2 fully saturated rings. The zero-order chi connectivity index (χ0) is 14.9. The van der Waals surface area contributed by atoms with Crippen LogP contribution in [-0.2, 0) is 9.59 Å². The molecule has 1 aromatic carbocycles. The monoisotopic (exact) mass is 290 g/mol. The van der Waals surface area contributed by atoms with E-state index in [1.807, 2.05) is 0 Å². The second kappa shape index (κ2) is 5.47. The van der Waals surface area contributed by atoms with Gasteiger partial charge in [0.1, 0.15) is 11.2 Å².